The zero-order chi connectivity index (χ0) is 14.0. The molecule has 1 atom stereocenters. The van der Waals surface area contributed by atoms with Gasteiger partial charge in [0.05, 0.1) is 5.41 Å². The second kappa shape index (κ2) is 4.95. The molecular weight excluding hydrogens is 249 g/mol. The lowest BCUT2D eigenvalue weighted by Crippen LogP contribution is -2.40. The van der Waals surface area contributed by atoms with Crippen molar-refractivity contribution in [2.45, 2.75) is 13.3 Å². The minimum absolute atomic E-state index is 0.0799. The van der Waals surface area contributed by atoms with Crippen molar-refractivity contribution in [2.75, 3.05) is 20.1 Å². The van der Waals surface area contributed by atoms with E-state index < -0.39 is 11.4 Å². The first-order chi connectivity index (χ1) is 8.96. The molecule has 1 saturated heterocycles. The molecule has 1 unspecified atom stereocenters. The van der Waals surface area contributed by atoms with Crippen LogP contribution in [0.3, 0.4) is 0 Å². The van der Waals surface area contributed by atoms with Gasteiger partial charge < -0.3 is 10.2 Å². The van der Waals surface area contributed by atoms with Gasteiger partial charge in [0.25, 0.3) is 5.91 Å². The van der Waals surface area contributed by atoms with Gasteiger partial charge in [-0.1, -0.05) is 0 Å². The van der Waals surface area contributed by atoms with E-state index in [2.05, 4.69) is 10.3 Å². The van der Waals surface area contributed by atoms with Crippen LogP contribution < -0.4 is 5.32 Å². The molecule has 1 aromatic rings. The number of nitrogens with one attached hydrogen (secondary N) is 1. The van der Waals surface area contributed by atoms with E-state index in [0.717, 1.165) is 6.07 Å². The molecule has 19 heavy (non-hydrogen) atoms. The van der Waals surface area contributed by atoms with E-state index in [0.29, 0.717) is 19.5 Å². The summed E-state index contributed by atoms with van der Waals surface area (Å²) in [4.78, 5) is 29.0. The number of pyridine rings is 1. The summed E-state index contributed by atoms with van der Waals surface area (Å²) in [7, 11) is 1.58. The number of nitrogens with zero attached hydrogens (tertiary/aromatic N) is 2. The van der Waals surface area contributed by atoms with Gasteiger partial charge in [0.1, 0.15) is 0 Å². The molecule has 0 bridgehead atoms. The lowest BCUT2D eigenvalue weighted by Gasteiger charge is -2.22. The van der Waals surface area contributed by atoms with Gasteiger partial charge >= 0.3 is 0 Å². The molecule has 1 aromatic heterocycles. The van der Waals surface area contributed by atoms with Gasteiger partial charge in [-0.2, -0.15) is 4.39 Å². The summed E-state index contributed by atoms with van der Waals surface area (Å²) in [6.07, 6.45) is 1.86. The molecular formula is C13H16FN3O2. The first kappa shape index (κ1) is 13.5. The minimum Gasteiger partial charge on any atom is -0.359 e. The highest BCUT2D eigenvalue weighted by Crippen LogP contribution is 2.30. The van der Waals surface area contributed by atoms with Crippen LogP contribution in [0.2, 0.25) is 0 Å². The van der Waals surface area contributed by atoms with Gasteiger partial charge in [-0.05, 0) is 19.4 Å². The normalized spacial score (nSPS) is 22.4. The molecule has 1 aliphatic heterocycles. The molecule has 5 nitrogen and oxygen atoms in total. The van der Waals surface area contributed by atoms with Crippen LogP contribution in [-0.2, 0) is 4.79 Å². The Kier molecular flexibility index (Phi) is 3.50. The Morgan fingerprint density at radius 3 is 2.89 bits per heavy atom. The third-order valence-electron chi connectivity index (χ3n) is 3.51. The second-order valence-electron chi connectivity index (χ2n) is 4.98. The van der Waals surface area contributed by atoms with Gasteiger partial charge in [0.15, 0.2) is 0 Å². The van der Waals surface area contributed by atoms with Gasteiger partial charge in [-0.25, -0.2) is 4.98 Å². The standard InChI is InChI=1S/C13H16FN3O2/c1-13(12(19)15-2)4-6-17(8-13)11(18)9-3-5-16-10(14)7-9/h3,5,7H,4,6,8H2,1-2H3,(H,15,19). The summed E-state index contributed by atoms with van der Waals surface area (Å²) < 4.78 is 13.0. The number of rotatable bonds is 2. The van der Waals surface area contributed by atoms with Gasteiger partial charge in [-0.15, -0.1) is 0 Å². The Morgan fingerprint density at radius 1 is 1.53 bits per heavy atom. The van der Waals surface area contributed by atoms with E-state index in [1.807, 2.05) is 6.92 Å². The lowest BCUT2D eigenvalue weighted by molar-refractivity contribution is -0.128. The molecule has 2 rings (SSSR count). The van der Waals surface area contributed by atoms with E-state index in [4.69, 9.17) is 0 Å². The summed E-state index contributed by atoms with van der Waals surface area (Å²) in [5.41, 5.74) is -0.315. The number of hydrogen-bond donors (Lipinski definition) is 1. The monoisotopic (exact) mass is 265 g/mol. The minimum atomic E-state index is -0.681. The van der Waals surface area contributed by atoms with E-state index in [1.54, 1.807) is 11.9 Å². The van der Waals surface area contributed by atoms with Crippen molar-refractivity contribution in [3.05, 3.63) is 29.8 Å². The molecule has 1 aliphatic rings. The number of halogens is 1. The van der Waals surface area contributed by atoms with Crippen LogP contribution in [-0.4, -0.2) is 41.8 Å². The number of aromatic nitrogens is 1. The predicted molar refractivity (Wildman–Crippen MR) is 66.9 cm³/mol. The zero-order valence-electron chi connectivity index (χ0n) is 10.9. The summed E-state index contributed by atoms with van der Waals surface area (Å²) >= 11 is 0. The first-order valence-corrected chi connectivity index (χ1v) is 6.09. The highest BCUT2D eigenvalue weighted by Gasteiger charge is 2.41. The van der Waals surface area contributed by atoms with Crippen LogP contribution in [0.4, 0.5) is 4.39 Å². The molecule has 2 amide bonds. The highest BCUT2D eigenvalue weighted by molar-refractivity contribution is 5.95. The van der Waals surface area contributed by atoms with Crippen molar-refractivity contribution < 1.29 is 14.0 Å². The molecule has 6 heteroatoms. The SMILES string of the molecule is CNC(=O)C1(C)CCN(C(=O)c2ccnc(F)c2)C1. The zero-order valence-corrected chi connectivity index (χ0v) is 10.9. The van der Waals surface area contributed by atoms with Crippen LogP contribution in [0.15, 0.2) is 18.3 Å². The number of carbonyl (C=O) groups is 2. The van der Waals surface area contributed by atoms with Gasteiger partial charge in [0, 0.05) is 38.0 Å². The predicted octanol–water partition coefficient (Wildman–Crippen LogP) is 0.819. The molecule has 0 radical (unpaired) electrons. The fourth-order valence-electron chi connectivity index (χ4n) is 2.34. The Morgan fingerprint density at radius 2 is 2.26 bits per heavy atom. The van der Waals surface area contributed by atoms with Gasteiger partial charge in [0.2, 0.25) is 11.9 Å². The molecule has 0 aromatic carbocycles. The topological polar surface area (TPSA) is 62.3 Å². The molecule has 2 heterocycles. The lowest BCUT2D eigenvalue weighted by atomic mass is 9.89. The van der Waals surface area contributed by atoms with Crippen LogP contribution in [0, 0.1) is 11.4 Å². The van der Waals surface area contributed by atoms with Crippen molar-refractivity contribution in [3.8, 4) is 0 Å². The van der Waals surface area contributed by atoms with Gasteiger partial charge in [-0.3, -0.25) is 9.59 Å². The number of likely N-dealkylation sites (tertiary alicyclic amines) is 1. The molecule has 0 spiro atoms. The summed E-state index contributed by atoms with van der Waals surface area (Å²) in [6, 6.07) is 2.58. The van der Waals surface area contributed by atoms with E-state index in [-0.39, 0.29) is 17.4 Å². The van der Waals surface area contributed by atoms with E-state index in [1.165, 1.54) is 12.3 Å². The maximum absolute atomic E-state index is 13.0. The summed E-state index contributed by atoms with van der Waals surface area (Å²) in [5, 5.41) is 2.61. The summed E-state index contributed by atoms with van der Waals surface area (Å²) in [5.74, 6) is -1.03. The van der Waals surface area contributed by atoms with E-state index in [9.17, 15) is 14.0 Å². The maximum atomic E-state index is 13.0. The van der Waals surface area contributed by atoms with Crippen molar-refractivity contribution in [2.24, 2.45) is 5.41 Å². The fraction of sp³-hybridized carbons (Fsp3) is 0.462. The Hall–Kier alpha value is -1.98. The third-order valence-corrected chi connectivity index (χ3v) is 3.51. The van der Waals surface area contributed by atoms with Crippen molar-refractivity contribution >= 4 is 11.8 Å². The van der Waals surface area contributed by atoms with Crippen LogP contribution in [0.5, 0.6) is 0 Å². The number of hydrogen-bond acceptors (Lipinski definition) is 3. The van der Waals surface area contributed by atoms with Crippen LogP contribution >= 0.6 is 0 Å². The maximum Gasteiger partial charge on any atom is 0.254 e. The highest BCUT2D eigenvalue weighted by atomic mass is 19.1. The van der Waals surface area contributed by atoms with Crippen molar-refractivity contribution in [1.82, 2.24) is 15.2 Å². The third kappa shape index (κ3) is 2.57. The second-order valence-corrected chi connectivity index (χ2v) is 4.98. The largest absolute Gasteiger partial charge is 0.359 e. The fourth-order valence-corrected chi connectivity index (χ4v) is 2.34. The average Bonchev–Trinajstić information content (AvgIpc) is 2.81. The van der Waals surface area contributed by atoms with E-state index >= 15 is 0 Å². The molecule has 102 valence electrons. The van der Waals surface area contributed by atoms with Crippen molar-refractivity contribution in [1.29, 1.82) is 0 Å². The molecule has 1 fully saturated rings. The van der Waals surface area contributed by atoms with Crippen LogP contribution in [0.1, 0.15) is 23.7 Å². The number of carbonyl (C=O) groups excluding carboxylic acids is 2. The number of amides is 2. The first-order valence-electron chi connectivity index (χ1n) is 6.09. The average molecular weight is 265 g/mol. The molecule has 1 N–H and O–H groups in total. The van der Waals surface area contributed by atoms with Crippen molar-refractivity contribution in [3.63, 3.8) is 0 Å². The molecule has 0 saturated carbocycles. The summed E-state index contributed by atoms with van der Waals surface area (Å²) in [6.45, 7) is 2.66. The van der Waals surface area contributed by atoms with Crippen LogP contribution in [0.25, 0.3) is 0 Å². The molecule has 0 aliphatic carbocycles. The quantitative estimate of drug-likeness (QED) is 0.805. The Bertz CT molecular complexity index is 520. The Labute approximate surface area is 110 Å². The smallest absolute Gasteiger partial charge is 0.254 e. The Balaban J connectivity index is 2.13.